The molecule has 0 N–H and O–H groups in total. The Morgan fingerprint density at radius 3 is 1.43 bits per heavy atom. The van der Waals surface area contributed by atoms with Crippen molar-refractivity contribution in [3.05, 3.63) is 206 Å². The summed E-state index contributed by atoms with van der Waals surface area (Å²) in [6.45, 7) is 0. The zero-order valence-corrected chi connectivity index (χ0v) is 32.4. The van der Waals surface area contributed by atoms with Crippen molar-refractivity contribution >= 4 is 54.4 Å². The van der Waals surface area contributed by atoms with Crippen LogP contribution in [0, 0.1) is 0 Å². The molecule has 0 radical (unpaired) electrons. The first kappa shape index (κ1) is 32.9. The normalized spacial score (nSPS) is 12.0. The topological polar surface area (TPSA) is 35.6 Å². The van der Waals surface area contributed by atoms with Crippen LogP contribution in [0.25, 0.3) is 122 Å². The van der Waals surface area contributed by atoms with Gasteiger partial charge in [-0.15, -0.1) is 0 Å². The van der Waals surface area contributed by atoms with Gasteiger partial charge in [0.1, 0.15) is 0 Å². The van der Waals surface area contributed by atoms with Gasteiger partial charge in [0, 0.05) is 55.2 Å². The molecule has 4 heteroatoms. The van der Waals surface area contributed by atoms with Crippen molar-refractivity contribution in [3.63, 3.8) is 0 Å². The summed E-state index contributed by atoms with van der Waals surface area (Å²) in [5.41, 5.74) is 16.6. The Balaban J connectivity index is 1.03. The minimum absolute atomic E-state index is 0.702. The molecule has 0 fully saturated rings. The molecule has 9 aromatic carbocycles. The number of hydrogen-bond donors (Lipinski definition) is 0. The van der Waals surface area contributed by atoms with E-state index < -0.39 is 0 Å². The molecule has 0 saturated carbocycles. The first-order valence-electron chi connectivity index (χ1n) is 20.5. The van der Waals surface area contributed by atoms with Gasteiger partial charge < -0.3 is 9.13 Å². The molecule has 12 aromatic rings. The summed E-state index contributed by atoms with van der Waals surface area (Å²) in [6.07, 6.45) is 0. The summed E-state index contributed by atoms with van der Waals surface area (Å²) in [7, 11) is 0. The smallest absolute Gasteiger partial charge is 0.160 e. The predicted octanol–water partition coefficient (Wildman–Crippen LogP) is 14.5. The molecule has 0 unspecified atom stereocenters. The Kier molecular flexibility index (Phi) is 6.98. The van der Waals surface area contributed by atoms with Gasteiger partial charge in [0.05, 0.1) is 33.5 Å². The van der Waals surface area contributed by atoms with Crippen LogP contribution in [0.2, 0.25) is 0 Å². The van der Waals surface area contributed by atoms with E-state index >= 15 is 0 Å². The zero-order chi connectivity index (χ0) is 39.3. The zero-order valence-electron chi connectivity index (χ0n) is 32.4. The van der Waals surface area contributed by atoms with Gasteiger partial charge in [-0.1, -0.05) is 146 Å². The Labute approximate surface area is 345 Å². The lowest BCUT2D eigenvalue weighted by molar-refractivity contribution is 1.16. The predicted molar refractivity (Wildman–Crippen MR) is 249 cm³/mol. The van der Waals surface area contributed by atoms with Crippen LogP contribution in [0.4, 0.5) is 0 Å². The molecule has 4 nitrogen and oxygen atoms in total. The maximum Gasteiger partial charge on any atom is 0.160 e. The molecule has 0 atom stereocenters. The quantitative estimate of drug-likeness (QED) is 0.175. The molecule has 13 rings (SSSR count). The summed E-state index contributed by atoms with van der Waals surface area (Å²) in [4.78, 5) is 11.0. The number of rotatable bonds is 5. The highest BCUT2D eigenvalue weighted by atomic mass is 15.0. The molecule has 3 aromatic heterocycles. The van der Waals surface area contributed by atoms with Gasteiger partial charge in [0.2, 0.25) is 0 Å². The molecule has 1 aliphatic rings. The van der Waals surface area contributed by atoms with Gasteiger partial charge in [0.15, 0.2) is 5.82 Å². The van der Waals surface area contributed by atoms with E-state index in [1.807, 2.05) is 0 Å². The van der Waals surface area contributed by atoms with Crippen molar-refractivity contribution in [1.82, 2.24) is 19.1 Å². The third kappa shape index (κ3) is 4.73. The standard InChI is InChI=1S/C56H34N4/c1-2-14-35(15-3-1)40-32-33-46-52-45(40)22-13-23-47(52)55-53(46)54(37-16-12-17-39(34-37)60-50-26-10-6-20-43(50)44-21-7-11-27-51(44)60)57-56(58-55)36-28-30-38(31-29-36)59-48-24-8-4-18-41(48)42-19-5-9-25-49(42)59/h1-34H. The highest BCUT2D eigenvalue weighted by Crippen LogP contribution is 2.52. The maximum atomic E-state index is 5.55. The number of benzene rings is 9. The van der Waals surface area contributed by atoms with Crippen molar-refractivity contribution in [2.45, 2.75) is 0 Å². The number of para-hydroxylation sites is 4. The summed E-state index contributed by atoms with van der Waals surface area (Å²) in [6, 6.07) is 74.2. The third-order valence-electron chi connectivity index (χ3n) is 12.5. The van der Waals surface area contributed by atoms with Gasteiger partial charge >= 0.3 is 0 Å². The molecule has 0 bridgehead atoms. The van der Waals surface area contributed by atoms with Crippen molar-refractivity contribution in [2.24, 2.45) is 0 Å². The van der Waals surface area contributed by atoms with E-state index in [0.29, 0.717) is 5.82 Å². The molecule has 0 saturated heterocycles. The fraction of sp³-hybridized carbons (Fsp3) is 0. The Morgan fingerprint density at radius 1 is 0.300 bits per heavy atom. The van der Waals surface area contributed by atoms with E-state index in [4.69, 9.17) is 9.97 Å². The number of aromatic nitrogens is 4. The van der Waals surface area contributed by atoms with Gasteiger partial charge in [0.25, 0.3) is 0 Å². The molecule has 3 heterocycles. The Hall–Kier alpha value is -8.08. The minimum atomic E-state index is 0.702. The molecule has 0 spiro atoms. The first-order valence-corrected chi connectivity index (χ1v) is 20.5. The van der Waals surface area contributed by atoms with Crippen LogP contribution in [-0.2, 0) is 0 Å². The van der Waals surface area contributed by atoms with E-state index in [1.165, 1.54) is 71.1 Å². The molecular weight excluding hydrogens is 729 g/mol. The molecular formula is C56H34N4. The number of fused-ring (bicyclic) bond motifs is 9. The largest absolute Gasteiger partial charge is 0.309 e. The van der Waals surface area contributed by atoms with Crippen LogP contribution in [0.1, 0.15) is 0 Å². The molecule has 0 amide bonds. The lowest BCUT2D eigenvalue weighted by Gasteiger charge is -2.15. The minimum Gasteiger partial charge on any atom is -0.309 e. The molecule has 0 aliphatic heterocycles. The Morgan fingerprint density at radius 2 is 0.800 bits per heavy atom. The van der Waals surface area contributed by atoms with Crippen LogP contribution in [0.3, 0.4) is 0 Å². The monoisotopic (exact) mass is 762 g/mol. The number of hydrogen-bond acceptors (Lipinski definition) is 2. The van der Waals surface area contributed by atoms with Gasteiger partial charge in [-0.05, 0) is 88.1 Å². The van der Waals surface area contributed by atoms with E-state index in [-0.39, 0.29) is 0 Å². The van der Waals surface area contributed by atoms with Crippen LogP contribution < -0.4 is 0 Å². The summed E-state index contributed by atoms with van der Waals surface area (Å²) in [5, 5.41) is 7.42. The molecule has 1 aliphatic carbocycles. The third-order valence-corrected chi connectivity index (χ3v) is 12.5. The van der Waals surface area contributed by atoms with Crippen LogP contribution in [0.5, 0.6) is 0 Å². The maximum absolute atomic E-state index is 5.55. The highest BCUT2D eigenvalue weighted by molar-refractivity contribution is 6.20. The van der Waals surface area contributed by atoms with Gasteiger partial charge in [-0.25, -0.2) is 9.97 Å². The van der Waals surface area contributed by atoms with Crippen molar-refractivity contribution < 1.29 is 0 Å². The second kappa shape index (κ2) is 12.7. The fourth-order valence-corrected chi connectivity index (χ4v) is 9.88. The van der Waals surface area contributed by atoms with Crippen LogP contribution in [-0.4, -0.2) is 19.1 Å². The molecule has 278 valence electrons. The van der Waals surface area contributed by atoms with Crippen LogP contribution >= 0.6 is 0 Å². The molecule has 60 heavy (non-hydrogen) atoms. The average Bonchev–Trinajstić information content (AvgIpc) is 3.96. The summed E-state index contributed by atoms with van der Waals surface area (Å²) >= 11 is 0. The SMILES string of the molecule is c1ccc(-c2ccc3c4c(cccc24)-c2nc(-c4ccc(-n5c6ccccc6c6ccccc65)cc4)nc(-c4cccc(-n5c6ccccc6c6ccccc65)c4)c2-3)cc1. The van der Waals surface area contributed by atoms with E-state index in [1.54, 1.807) is 0 Å². The number of nitrogens with zero attached hydrogens (tertiary/aromatic N) is 4. The van der Waals surface area contributed by atoms with Crippen LogP contribution in [0.15, 0.2) is 206 Å². The summed E-state index contributed by atoms with van der Waals surface area (Å²) in [5.74, 6) is 0.702. The van der Waals surface area contributed by atoms with Gasteiger partial charge in [-0.3, -0.25) is 0 Å². The summed E-state index contributed by atoms with van der Waals surface area (Å²) < 4.78 is 4.73. The van der Waals surface area contributed by atoms with Crippen molar-refractivity contribution in [2.75, 3.05) is 0 Å². The fourth-order valence-electron chi connectivity index (χ4n) is 9.88. The van der Waals surface area contributed by atoms with E-state index in [0.717, 1.165) is 45.0 Å². The van der Waals surface area contributed by atoms with Gasteiger partial charge in [-0.2, -0.15) is 0 Å². The second-order valence-electron chi connectivity index (χ2n) is 15.7. The van der Waals surface area contributed by atoms with E-state index in [9.17, 15) is 0 Å². The highest BCUT2D eigenvalue weighted by Gasteiger charge is 2.29. The van der Waals surface area contributed by atoms with Crippen molar-refractivity contribution in [1.29, 1.82) is 0 Å². The lowest BCUT2D eigenvalue weighted by Crippen LogP contribution is -2.00. The Bertz CT molecular complexity index is 3600. The van der Waals surface area contributed by atoms with E-state index in [2.05, 4.69) is 215 Å². The van der Waals surface area contributed by atoms with Crippen molar-refractivity contribution in [3.8, 4) is 67.5 Å². The first-order chi connectivity index (χ1) is 29.8. The average molecular weight is 763 g/mol. The second-order valence-corrected chi connectivity index (χ2v) is 15.7. The lowest BCUT2D eigenvalue weighted by atomic mass is 9.93.